The van der Waals surface area contributed by atoms with Gasteiger partial charge >= 0.3 is 0 Å². The monoisotopic (exact) mass is 464 g/mol. The Kier molecular flexibility index (Phi) is 6.83. The van der Waals surface area contributed by atoms with Crippen molar-refractivity contribution in [3.05, 3.63) is 41.5 Å². The van der Waals surface area contributed by atoms with E-state index in [1.165, 1.54) is 67.6 Å². The molecule has 5 heteroatoms. The summed E-state index contributed by atoms with van der Waals surface area (Å²) in [6.45, 7) is 4.20. The van der Waals surface area contributed by atoms with Gasteiger partial charge in [0.05, 0.1) is 7.11 Å². The Labute approximate surface area is 204 Å². The molecular weight excluding hydrogens is 424 g/mol. The van der Waals surface area contributed by atoms with Gasteiger partial charge in [-0.25, -0.2) is 0 Å². The van der Waals surface area contributed by atoms with Gasteiger partial charge in [0.15, 0.2) is 0 Å². The van der Waals surface area contributed by atoms with E-state index in [-0.39, 0.29) is 11.8 Å². The quantitative estimate of drug-likeness (QED) is 0.413. The molecule has 184 valence electrons. The molecule has 1 heterocycles. The maximum Gasteiger partial charge on any atom is 0.253 e. The Hall–Kier alpha value is -2.14. The number of unbranched alkanes of at least 4 members (excludes halogenated alkanes) is 3. The van der Waals surface area contributed by atoms with Gasteiger partial charge in [-0.2, -0.15) is 0 Å². The molecule has 5 atom stereocenters. The van der Waals surface area contributed by atoms with Gasteiger partial charge < -0.3 is 10.1 Å². The summed E-state index contributed by atoms with van der Waals surface area (Å²) in [7, 11) is 1.77. The standard InChI is InChI=1S/C29H40N2O3/c1-29-16-15-23-22-10-8-21(34-2)19-20(22)7-9-24(23)25(29)11-12-26(29)30-17-5-3-4-6-18-31-27(32)13-14-28(31)33/h8,10,13-14,19,23-26,30H,3-7,9,11-12,15-18H2,1-2H3/t23-,24+,25+,26-,29-/m0/s1. The summed E-state index contributed by atoms with van der Waals surface area (Å²) in [4.78, 5) is 24.6. The van der Waals surface area contributed by atoms with Crippen molar-refractivity contribution in [3.8, 4) is 5.75 Å². The zero-order valence-corrected chi connectivity index (χ0v) is 20.9. The van der Waals surface area contributed by atoms with Gasteiger partial charge in [0.25, 0.3) is 11.8 Å². The molecule has 2 amide bonds. The maximum absolute atomic E-state index is 11.6. The molecule has 0 saturated heterocycles. The van der Waals surface area contributed by atoms with E-state index in [0.717, 1.165) is 49.3 Å². The third kappa shape index (κ3) is 4.32. The first-order chi connectivity index (χ1) is 16.5. The Morgan fingerprint density at radius 3 is 2.62 bits per heavy atom. The molecule has 1 aliphatic heterocycles. The molecule has 0 radical (unpaired) electrons. The summed E-state index contributed by atoms with van der Waals surface area (Å²) in [5, 5.41) is 3.95. The highest BCUT2D eigenvalue weighted by molar-refractivity contribution is 6.12. The normalized spacial score (nSPS) is 32.0. The second-order valence-corrected chi connectivity index (χ2v) is 11.2. The number of aryl methyl sites for hydroxylation is 1. The van der Waals surface area contributed by atoms with E-state index in [1.54, 1.807) is 12.7 Å². The number of carbonyl (C=O) groups excluding carboxylic acids is 2. The second kappa shape index (κ2) is 9.85. The number of imide groups is 1. The summed E-state index contributed by atoms with van der Waals surface area (Å²) in [5.41, 5.74) is 3.55. The Morgan fingerprint density at radius 2 is 1.82 bits per heavy atom. The van der Waals surface area contributed by atoms with Crippen molar-refractivity contribution in [2.45, 2.75) is 83.1 Å². The number of amides is 2. The summed E-state index contributed by atoms with van der Waals surface area (Å²) < 4.78 is 5.48. The number of carbonyl (C=O) groups is 2. The van der Waals surface area contributed by atoms with Crippen LogP contribution in [0.4, 0.5) is 0 Å². The van der Waals surface area contributed by atoms with Gasteiger partial charge in [0.2, 0.25) is 0 Å². The number of hydrogen-bond donors (Lipinski definition) is 1. The minimum atomic E-state index is -0.161. The third-order valence-electron chi connectivity index (χ3n) is 9.53. The zero-order chi connectivity index (χ0) is 23.7. The molecule has 34 heavy (non-hydrogen) atoms. The molecule has 1 aromatic carbocycles. The third-order valence-corrected chi connectivity index (χ3v) is 9.53. The summed E-state index contributed by atoms with van der Waals surface area (Å²) >= 11 is 0. The topological polar surface area (TPSA) is 58.6 Å². The summed E-state index contributed by atoms with van der Waals surface area (Å²) in [5.74, 6) is 3.08. The van der Waals surface area contributed by atoms with Crippen molar-refractivity contribution in [1.29, 1.82) is 0 Å². The fraction of sp³-hybridized carbons (Fsp3) is 0.655. The van der Waals surface area contributed by atoms with Crippen LogP contribution in [0.1, 0.15) is 81.8 Å². The molecular formula is C29H40N2O3. The Morgan fingerprint density at radius 1 is 1.03 bits per heavy atom. The van der Waals surface area contributed by atoms with E-state index in [0.29, 0.717) is 18.0 Å². The van der Waals surface area contributed by atoms with E-state index in [4.69, 9.17) is 4.74 Å². The van der Waals surface area contributed by atoms with Crippen LogP contribution in [0, 0.1) is 17.3 Å². The fourth-order valence-corrected chi connectivity index (χ4v) is 7.70. The predicted octanol–water partition coefficient (Wildman–Crippen LogP) is 4.99. The minimum absolute atomic E-state index is 0.161. The van der Waals surface area contributed by atoms with Crippen LogP contribution >= 0.6 is 0 Å². The van der Waals surface area contributed by atoms with Crippen molar-refractivity contribution in [1.82, 2.24) is 10.2 Å². The Balaban J connectivity index is 1.08. The number of fused-ring (bicyclic) bond motifs is 5. The van der Waals surface area contributed by atoms with Crippen molar-refractivity contribution in [2.24, 2.45) is 17.3 Å². The highest BCUT2D eigenvalue weighted by atomic mass is 16.5. The number of nitrogens with zero attached hydrogens (tertiary/aromatic N) is 1. The first kappa shape index (κ1) is 23.6. The number of nitrogens with one attached hydrogen (secondary N) is 1. The lowest BCUT2D eigenvalue weighted by atomic mass is 9.55. The van der Waals surface area contributed by atoms with Crippen LogP contribution in [0.3, 0.4) is 0 Å². The highest BCUT2D eigenvalue weighted by Crippen LogP contribution is 2.61. The lowest BCUT2D eigenvalue weighted by Gasteiger charge is -2.51. The molecule has 2 saturated carbocycles. The molecule has 3 aliphatic carbocycles. The van der Waals surface area contributed by atoms with Gasteiger partial charge in [-0.15, -0.1) is 0 Å². The van der Waals surface area contributed by atoms with Crippen molar-refractivity contribution in [2.75, 3.05) is 20.2 Å². The zero-order valence-electron chi connectivity index (χ0n) is 20.9. The maximum atomic E-state index is 11.6. The van der Waals surface area contributed by atoms with Gasteiger partial charge in [0.1, 0.15) is 5.75 Å². The van der Waals surface area contributed by atoms with Gasteiger partial charge in [0, 0.05) is 24.7 Å². The van der Waals surface area contributed by atoms with Gasteiger partial charge in [-0.05, 0) is 104 Å². The van der Waals surface area contributed by atoms with Crippen LogP contribution in [0.15, 0.2) is 30.4 Å². The van der Waals surface area contributed by atoms with Crippen LogP contribution in [-0.4, -0.2) is 43.0 Å². The lowest BCUT2D eigenvalue weighted by Crippen LogP contribution is -2.48. The first-order valence-electron chi connectivity index (χ1n) is 13.4. The van der Waals surface area contributed by atoms with Crippen LogP contribution in [-0.2, 0) is 16.0 Å². The number of methoxy groups -OCH3 is 1. The van der Waals surface area contributed by atoms with Crippen molar-refractivity contribution >= 4 is 11.8 Å². The molecule has 0 bridgehead atoms. The van der Waals surface area contributed by atoms with Crippen LogP contribution in [0.2, 0.25) is 0 Å². The number of ether oxygens (including phenoxy) is 1. The number of hydrogen-bond acceptors (Lipinski definition) is 4. The van der Waals surface area contributed by atoms with E-state index in [2.05, 4.69) is 30.4 Å². The molecule has 5 rings (SSSR count). The fourth-order valence-electron chi connectivity index (χ4n) is 7.70. The van der Waals surface area contributed by atoms with Gasteiger partial charge in [-0.3, -0.25) is 14.5 Å². The first-order valence-corrected chi connectivity index (χ1v) is 13.4. The molecule has 5 nitrogen and oxygen atoms in total. The van der Waals surface area contributed by atoms with E-state index < -0.39 is 0 Å². The predicted molar refractivity (Wildman–Crippen MR) is 134 cm³/mol. The molecule has 1 N–H and O–H groups in total. The van der Waals surface area contributed by atoms with E-state index in [9.17, 15) is 9.59 Å². The van der Waals surface area contributed by atoms with Crippen molar-refractivity contribution < 1.29 is 14.3 Å². The van der Waals surface area contributed by atoms with E-state index >= 15 is 0 Å². The van der Waals surface area contributed by atoms with E-state index in [1.807, 2.05) is 0 Å². The smallest absolute Gasteiger partial charge is 0.253 e. The average molecular weight is 465 g/mol. The number of benzene rings is 1. The SMILES string of the molecule is COc1ccc2c(c1)CC[C@H]1[C@H]3CC[C@H](NCCCCCCN4C(=O)C=CC4=O)[C@@]3(C)CC[C@@H]21. The summed E-state index contributed by atoms with van der Waals surface area (Å²) in [6.07, 6.45) is 14.9. The molecule has 4 aliphatic rings. The largest absolute Gasteiger partial charge is 0.497 e. The average Bonchev–Trinajstić information content (AvgIpc) is 3.36. The highest BCUT2D eigenvalue weighted by Gasteiger charge is 2.54. The molecule has 0 spiro atoms. The second-order valence-electron chi connectivity index (χ2n) is 11.2. The molecule has 0 unspecified atom stereocenters. The van der Waals surface area contributed by atoms with Gasteiger partial charge in [-0.1, -0.05) is 25.8 Å². The van der Waals surface area contributed by atoms with Crippen LogP contribution < -0.4 is 10.1 Å². The van der Waals surface area contributed by atoms with Crippen LogP contribution in [0.25, 0.3) is 0 Å². The molecule has 0 aromatic heterocycles. The Bertz CT molecular complexity index is 939. The lowest BCUT2D eigenvalue weighted by molar-refractivity contribution is -0.136. The molecule has 2 fully saturated rings. The molecule has 1 aromatic rings. The van der Waals surface area contributed by atoms with Crippen LogP contribution in [0.5, 0.6) is 5.75 Å². The van der Waals surface area contributed by atoms with Crippen molar-refractivity contribution in [3.63, 3.8) is 0 Å². The number of rotatable bonds is 9. The minimum Gasteiger partial charge on any atom is -0.497 e. The summed E-state index contributed by atoms with van der Waals surface area (Å²) in [6, 6.07) is 7.42.